The van der Waals surface area contributed by atoms with Crippen LogP contribution < -0.4 is 5.32 Å². The molecule has 0 fully saturated rings. The number of benzene rings is 1. The Morgan fingerprint density at radius 2 is 1.97 bits per heavy atom. The van der Waals surface area contributed by atoms with E-state index in [1.807, 2.05) is 19.1 Å². The van der Waals surface area contributed by atoms with Gasteiger partial charge in [-0.25, -0.2) is 19.0 Å². The van der Waals surface area contributed by atoms with Gasteiger partial charge in [0.2, 0.25) is 11.7 Å². The first-order valence-electron chi connectivity index (χ1n) is 9.59. The number of amides is 1. The van der Waals surface area contributed by atoms with Crippen LogP contribution in [0.3, 0.4) is 0 Å². The number of carbonyl (C=O) groups is 1. The molecule has 0 unspecified atom stereocenters. The van der Waals surface area contributed by atoms with Gasteiger partial charge in [0.1, 0.15) is 17.2 Å². The molecule has 3 aromatic heterocycles. The normalized spacial score (nSPS) is 14.7. The Morgan fingerprint density at radius 1 is 1.16 bits per heavy atom. The van der Waals surface area contributed by atoms with E-state index < -0.39 is 11.2 Å². The second kappa shape index (κ2) is 6.78. The molecule has 4 aromatic rings. The summed E-state index contributed by atoms with van der Waals surface area (Å²) in [4.78, 5) is 21.3. The molecule has 0 spiro atoms. The number of aryl methyl sites for hydroxylation is 1. The third kappa shape index (κ3) is 3.12. The number of hydrogen-bond acceptors (Lipinski definition) is 6. The highest BCUT2D eigenvalue weighted by Crippen LogP contribution is 2.35. The summed E-state index contributed by atoms with van der Waals surface area (Å²) >= 11 is 5.87. The highest BCUT2D eigenvalue weighted by molar-refractivity contribution is 6.30. The van der Waals surface area contributed by atoms with Gasteiger partial charge in [0, 0.05) is 16.3 Å². The lowest BCUT2D eigenvalue weighted by atomic mass is 9.91. The van der Waals surface area contributed by atoms with E-state index in [1.165, 1.54) is 6.07 Å². The second-order valence-corrected chi connectivity index (χ2v) is 8.41. The number of nitrogens with one attached hydrogen (secondary N) is 1. The number of hydrogen-bond donors (Lipinski definition) is 1. The maximum Gasteiger partial charge on any atom is 0.237 e. The van der Waals surface area contributed by atoms with Crippen molar-refractivity contribution in [3.8, 4) is 11.5 Å². The van der Waals surface area contributed by atoms with Crippen LogP contribution in [0.2, 0.25) is 5.02 Å². The van der Waals surface area contributed by atoms with Gasteiger partial charge in [0.05, 0.1) is 17.3 Å². The average Bonchev–Trinajstić information content (AvgIpc) is 3.18. The van der Waals surface area contributed by atoms with Crippen LogP contribution in [-0.4, -0.2) is 35.9 Å². The lowest BCUT2D eigenvalue weighted by molar-refractivity contribution is -0.119. The Morgan fingerprint density at radius 3 is 2.74 bits per heavy atom. The number of anilines is 1. The number of pyridine rings is 1. The van der Waals surface area contributed by atoms with Crippen molar-refractivity contribution in [2.75, 3.05) is 5.32 Å². The maximum absolute atomic E-state index is 14.4. The Hall–Kier alpha value is -3.46. The Labute approximate surface area is 181 Å². The molecule has 0 aliphatic carbocycles. The molecule has 0 bridgehead atoms. The summed E-state index contributed by atoms with van der Waals surface area (Å²) in [7, 11) is 0. The van der Waals surface area contributed by atoms with E-state index in [4.69, 9.17) is 11.6 Å². The maximum atomic E-state index is 14.4. The summed E-state index contributed by atoms with van der Waals surface area (Å²) in [5, 5.41) is 16.9. The van der Waals surface area contributed by atoms with E-state index in [9.17, 15) is 9.18 Å². The number of carbonyl (C=O) groups excluding carboxylic acids is 1. The number of aromatic nitrogens is 6. The molecule has 1 amide bonds. The first-order chi connectivity index (χ1) is 14.7. The average molecular weight is 438 g/mol. The van der Waals surface area contributed by atoms with Crippen LogP contribution in [0.15, 0.2) is 30.3 Å². The molecule has 0 radical (unpaired) electrons. The van der Waals surface area contributed by atoms with Crippen LogP contribution in [0.1, 0.15) is 30.8 Å². The minimum absolute atomic E-state index is 0.151. The van der Waals surface area contributed by atoms with Gasteiger partial charge in [0.15, 0.2) is 11.5 Å². The van der Waals surface area contributed by atoms with Crippen molar-refractivity contribution in [3.05, 3.63) is 58.1 Å². The summed E-state index contributed by atoms with van der Waals surface area (Å²) < 4.78 is 16.0. The van der Waals surface area contributed by atoms with Gasteiger partial charge in [-0.1, -0.05) is 17.7 Å². The van der Waals surface area contributed by atoms with Gasteiger partial charge >= 0.3 is 0 Å². The van der Waals surface area contributed by atoms with E-state index >= 15 is 0 Å². The molecule has 0 saturated heterocycles. The lowest BCUT2D eigenvalue weighted by Gasteiger charge is -2.11. The molecular weight excluding hydrogens is 421 g/mol. The molecule has 1 aliphatic rings. The summed E-state index contributed by atoms with van der Waals surface area (Å²) in [5.41, 5.74) is 1.91. The van der Waals surface area contributed by atoms with Crippen LogP contribution in [0.5, 0.6) is 0 Å². The highest BCUT2D eigenvalue weighted by Gasteiger charge is 2.42. The van der Waals surface area contributed by atoms with Gasteiger partial charge < -0.3 is 5.32 Å². The van der Waals surface area contributed by atoms with Crippen molar-refractivity contribution < 1.29 is 9.18 Å². The largest absolute Gasteiger partial charge is 0.308 e. The van der Waals surface area contributed by atoms with Crippen molar-refractivity contribution >= 4 is 34.4 Å². The first kappa shape index (κ1) is 19.5. The van der Waals surface area contributed by atoms with Gasteiger partial charge in [-0.2, -0.15) is 5.10 Å². The summed E-state index contributed by atoms with van der Waals surface area (Å²) in [6.45, 7) is 5.55. The molecule has 1 aliphatic heterocycles. The molecule has 31 heavy (non-hydrogen) atoms. The summed E-state index contributed by atoms with van der Waals surface area (Å²) in [6.07, 6.45) is 0. The third-order valence-corrected chi connectivity index (χ3v) is 5.60. The SMILES string of the molecule is Cc1ccc2c(-c3nnc4c(n3)NC(=O)C4(C)C)nn(Cc3ccc(Cl)cc3F)c2n1. The van der Waals surface area contributed by atoms with Crippen LogP contribution in [0.25, 0.3) is 22.6 Å². The number of fused-ring (bicyclic) bond motifs is 2. The molecule has 10 heteroatoms. The van der Waals surface area contributed by atoms with Crippen molar-refractivity contribution in [3.63, 3.8) is 0 Å². The molecule has 0 saturated carbocycles. The Bertz CT molecular complexity index is 1380. The van der Waals surface area contributed by atoms with E-state index in [-0.39, 0.29) is 18.3 Å². The third-order valence-electron chi connectivity index (χ3n) is 5.36. The molecule has 1 aromatic carbocycles. The zero-order valence-corrected chi connectivity index (χ0v) is 17.7. The van der Waals surface area contributed by atoms with Crippen LogP contribution in [0.4, 0.5) is 10.2 Å². The zero-order chi connectivity index (χ0) is 21.9. The zero-order valence-electron chi connectivity index (χ0n) is 16.9. The molecule has 4 heterocycles. The smallest absolute Gasteiger partial charge is 0.237 e. The van der Waals surface area contributed by atoms with E-state index in [1.54, 1.807) is 30.7 Å². The fourth-order valence-corrected chi connectivity index (χ4v) is 3.70. The second-order valence-electron chi connectivity index (χ2n) is 7.98. The molecule has 156 valence electrons. The molecule has 5 rings (SSSR count). The summed E-state index contributed by atoms with van der Waals surface area (Å²) in [5.74, 6) is 0.00679. The van der Waals surface area contributed by atoms with Crippen LogP contribution in [0, 0.1) is 12.7 Å². The highest BCUT2D eigenvalue weighted by atomic mass is 35.5. The van der Waals surface area contributed by atoms with Gasteiger partial charge in [-0.3, -0.25) is 4.79 Å². The fourth-order valence-electron chi connectivity index (χ4n) is 3.54. The van der Waals surface area contributed by atoms with Crippen molar-refractivity contribution in [2.24, 2.45) is 0 Å². The van der Waals surface area contributed by atoms with Crippen LogP contribution >= 0.6 is 11.6 Å². The Balaban J connectivity index is 1.64. The number of halogens is 2. The topological polar surface area (TPSA) is 98.5 Å². The van der Waals surface area contributed by atoms with Gasteiger partial charge in [-0.15, -0.1) is 10.2 Å². The number of rotatable bonds is 3. The molecule has 1 N–H and O–H groups in total. The van der Waals surface area contributed by atoms with Crippen molar-refractivity contribution in [2.45, 2.75) is 32.7 Å². The van der Waals surface area contributed by atoms with Crippen molar-refractivity contribution in [1.82, 2.24) is 29.9 Å². The fraction of sp³-hybridized carbons (Fsp3) is 0.238. The minimum Gasteiger partial charge on any atom is -0.308 e. The quantitative estimate of drug-likeness (QED) is 0.525. The minimum atomic E-state index is -0.805. The van der Waals surface area contributed by atoms with E-state index in [0.29, 0.717) is 38.8 Å². The predicted octanol–water partition coefficient (Wildman–Crippen LogP) is 3.66. The van der Waals surface area contributed by atoms with Crippen LogP contribution in [-0.2, 0) is 16.8 Å². The Kier molecular flexibility index (Phi) is 4.26. The predicted molar refractivity (Wildman–Crippen MR) is 113 cm³/mol. The van der Waals surface area contributed by atoms with Gasteiger partial charge in [-0.05, 0) is 45.0 Å². The first-order valence-corrected chi connectivity index (χ1v) is 9.97. The van der Waals surface area contributed by atoms with Gasteiger partial charge in [0.25, 0.3) is 0 Å². The van der Waals surface area contributed by atoms with E-state index in [0.717, 1.165) is 5.69 Å². The number of nitrogens with zero attached hydrogens (tertiary/aromatic N) is 6. The molecule has 0 atom stereocenters. The monoisotopic (exact) mass is 437 g/mol. The summed E-state index contributed by atoms with van der Waals surface area (Å²) in [6, 6.07) is 8.23. The standard InChI is InChI=1S/C21H17ClFN7O/c1-10-4-7-13-15(17-25-18-16(27-28-17)21(2,3)20(31)26-18)29-30(19(13)24-10)9-11-5-6-12(22)8-14(11)23/h4-8H,9H2,1-3H3,(H,25,26,28,31). The lowest BCUT2D eigenvalue weighted by Crippen LogP contribution is -2.27. The van der Waals surface area contributed by atoms with Crippen molar-refractivity contribution in [1.29, 1.82) is 0 Å². The van der Waals surface area contributed by atoms with E-state index in [2.05, 4.69) is 30.6 Å². The molecular formula is C21H17ClFN7O. The molecule has 8 nitrogen and oxygen atoms in total.